The first kappa shape index (κ1) is 10.4. The van der Waals surface area contributed by atoms with Crippen LogP contribution in [0.15, 0.2) is 0 Å². The number of hydrogen-bond acceptors (Lipinski definition) is 4. The zero-order valence-electron chi connectivity index (χ0n) is 8.35. The van der Waals surface area contributed by atoms with Crippen molar-refractivity contribution in [1.29, 1.82) is 0 Å². The lowest BCUT2D eigenvalue weighted by Gasteiger charge is -2.30. The third kappa shape index (κ3) is 2.27. The van der Waals surface area contributed by atoms with E-state index < -0.39 is 9.84 Å². The lowest BCUT2D eigenvalue weighted by Crippen LogP contribution is -2.43. The molecule has 82 valence electrons. The number of rotatable bonds is 1. The summed E-state index contributed by atoms with van der Waals surface area (Å²) in [5, 5.41) is 0. The van der Waals surface area contributed by atoms with Crippen LogP contribution in [-0.4, -0.2) is 50.0 Å². The molecule has 0 amide bonds. The van der Waals surface area contributed by atoms with Crippen LogP contribution in [0.25, 0.3) is 0 Å². The molecule has 0 radical (unpaired) electrons. The van der Waals surface area contributed by atoms with Crippen LogP contribution >= 0.6 is 0 Å². The van der Waals surface area contributed by atoms with E-state index in [1.807, 2.05) is 0 Å². The molecule has 0 saturated carbocycles. The highest BCUT2D eigenvalue weighted by atomic mass is 32.2. The van der Waals surface area contributed by atoms with Gasteiger partial charge in [0.25, 0.3) is 0 Å². The number of likely N-dealkylation sites (tertiary alicyclic amines) is 1. The van der Waals surface area contributed by atoms with E-state index in [-0.39, 0.29) is 12.1 Å². The van der Waals surface area contributed by atoms with Crippen LogP contribution in [0.1, 0.15) is 19.3 Å². The molecule has 2 N–H and O–H groups in total. The lowest BCUT2D eigenvalue weighted by molar-refractivity contribution is 0.240. The molecule has 2 atom stereocenters. The third-order valence-electron chi connectivity index (χ3n) is 3.21. The van der Waals surface area contributed by atoms with Gasteiger partial charge in [0.05, 0.1) is 11.5 Å². The molecule has 2 fully saturated rings. The summed E-state index contributed by atoms with van der Waals surface area (Å²) in [6.07, 6.45) is 2.85. The number of nitrogens with two attached hydrogens (primary N) is 1. The molecule has 0 bridgehead atoms. The van der Waals surface area contributed by atoms with E-state index in [2.05, 4.69) is 4.90 Å². The van der Waals surface area contributed by atoms with Gasteiger partial charge in [-0.2, -0.15) is 0 Å². The molecule has 5 heteroatoms. The van der Waals surface area contributed by atoms with Crippen molar-refractivity contribution in [1.82, 2.24) is 4.90 Å². The topological polar surface area (TPSA) is 63.4 Å². The molecule has 4 nitrogen and oxygen atoms in total. The Kier molecular flexibility index (Phi) is 2.81. The van der Waals surface area contributed by atoms with Crippen LogP contribution < -0.4 is 5.73 Å². The van der Waals surface area contributed by atoms with Crippen LogP contribution in [-0.2, 0) is 9.84 Å². The molecule has 0 aliphatic carbocycles. The van der Waals surface area contributed by atoms with Crippen molar-refractivity contribution in [2.24, 2.45) is 5.73 Å². The zero-order chi connectivity index (χ0) is 10.2. The zero-order valence-corrected chi connectivity index (χ0v) is 9.17. The van der Waals surface area contributed by atoms with E-state index >= 15 is 0 Å². The SMILES string of the molecule is NC1CCN(C2CCCS(=O)(=O)C2)C1. The standard InChI is InChI=1S/C9H18N2O2S/c10-8-3-4-11(6-8)9-2-1-5-14(12,13)7-9/h8-9H,1-7,10H2. The largest absolute Gasteiger partial charge is 0.326 e. The fourth-order valence-electron chi connectivity index (χ4n) is 2.43. The van der Waals surface area contributed by atoms with E-state index in [9.17, 15) is 8.42 Å². The van der Waals surface area contributed by atoms with Gasteiger partial charge in [0.1, 0.15) is 0 Å². The van der Waals surface area contributed by atoms with Gasteiger partial charge in [0, 0.05) is 25.2 Å². The van der Waals surface area contributed by atoms with Crippen molar-refractivity contribution in [3.8, 4) is 0 Å². The van der Waals surface area contributed by atoms with Crippen molar-refractivity contribution < 1.29 is 8.42 Å². The van der Waals surface area contributed by atoms with E-state index in [0.29, 0.717) is 11.5 Å². The Morgan fingerprint density at radius 2 is 2.07 bits per heavy atom. The maximum Gasteiger partial charge on any atom is 0.151 e. The summed E-state index contributed by atoms with van der Waals surface area (Å²) in [4.78, 5) is 2.25. The number of nitrogens with zero attached hydrogens (tertiary/aromatic N) is 1. The maximum absolute atomic E-state index is 11.4. The Balaban J connectivity index is 1.98. The van der Waals surface area contributed by atoms with E-state index in [4.69, 9.17) is 5.73 Å². The summed E-state index contributed by atoms with van der Waals surface area (Å²) in [5.74, 6) is 0.725. The van der Waals surface area contributed by atoms with Gasteiger partial charge in [0.2, 0.25) is 0 Å². The molecule has 0 aromatic rings. The molecule has 2 aliphatic heterocycles. The van der Waals surface area contributed by atoms with E-state index in [0.717, 1.165) is 32.4 Å². The van der Waals surface area contributed by atoms with Crippen LogP contribution in [0, 0.1) is 0 Å². The first-order valence-electron chi connectivity index (χ1n) is 5.27. The molecule has 2 saturated heterocycles. The summed E-state index contributed by atoms with van der Waals surface area (Å²) >= 11 is 0. The van der Waals surface area contributed by atoms with Gasteiger partial charge in [-0.1, -0.05) is 0 Å². The minimum absolute atomic E-state index is 0.238. The van der Waals surface area contributed by atoms with Crippen LogP contribution in [0.3, 0.4) is 0 Å². The second-order valence-electron chi connectivity index (χ2n) is 4.45. The maximum atomic E-state index is 11.4. The number of sulfone groups is 1. The van der Waals surface area contributed by atoms with E-state index in [1.54, 1.807) is 0 Å². The summed E-state index contributed by atoms with van der Waals surface area (Å²) in [6.45, 7) is 1.85. The monoisotopic (exact) mass is 218 g/mol. The molecule has 2 unspecified atom stereocenters. The molecule has 0 aromatic heterocycles. The second kappa shape index (κ2) is 3.79. The Morgan fingerprint density at radius 3 is 2.64 bits per heavy atom. The van der Waals surface area contributed by atoms with Gasteiger partial charge in [-0.05, 0) is 19.3 Å². The van der Waals surface area contributed by atoms with Crippen molar-refractivity contribution in [3.63, 3.8) is 0 Å². The van der Waals surface area contributed by atoms with Gasteiger partial charge in [0.15, 0.2) is 9.84 Å². The molecule has 14 heavy (non-hydrogen) atoms. The molecular formula is C9H18N2O2S. The normalized spacial score (nSPS) is 38.6. The average molecular weight is 218 g/mol. The van der Waals surface area contributed by atoms with E-state index in [1.165, 1.54) is 0 Å². The molecule has 2 heterocycles. The van der Waals surface area contributed by atoms with Crippen molar-refractivity contribution in [2.75, 3.05) is 24.6 Å². The predicted octanol–water partition coefficient (Wildman–Crippen LogP) is -0.403. The lowest BCUT2D eigenvalue weighted by atomic mass is 10.1. The third-order valence-corrected chi connectivity index (χ3v) is 5.01. The average Bonchev–Trinajstić information content (AvgIpc) is 2.50. The Labute approximate surface area is 85.4 Å². The minimum atomic E-state index is -2.77. The summed E-state index contributed by atoms with van der Waals surface area (Å²) in [7, 11) is -2.77. The first-order chi connectivity index (χ1) is 6.57. The van der Waals surface area contributed by atoms with Gasteiger partial charge in [-0.3, -0.25) is 4.90 Å². The van der Waals surface area contributed by atoms with Crippen LogP contribution in [0.5, 0.6) is 0 Å². The van der Waals surface area contributed by atoms with Crippen LogP contribution in [0.4, 0.5) is 0 Å². The van der Waals surface area contributed by atoms with Gasteiger partial charge < -0.3 is 5.73 Å². The highest BCUT2D eigenvalue weighted by molar-refractivity contribution is 7.91. The van der Waals surface area contributed by atoms with Gasteiger partial charge >= 0.3 is 0 Å². The van der Waals surface area contributed by atoms with Crippen molar-refractivity contribution in [2.45, 2.75) is 31.3 Å². The number of hydrogen-bond donors (Lipinski definition) is 1. The molecule has 2 rings (SSSR count). The predicted molar refractivity (Wildman–Crippen MR) is 55.8 cm³/mol. The van der Waals surface area contributed by atoms with Gasteiger partial charge in [-0.25, -0.2) is 8.42 Å². The van der Waals surface area contributed by atoms with Gasteiger partial charge in [-0.15, -0.1) is 0 Å². The smallest absolute Gasteiger partial charge is 0.151 e. The minimum Gasteiger partial charge on any atom is -0.326 e. The van der Waals surface area contributed by atoms with Crippen LogP contribution in [0.2, 0.25) is 0 Å². The Hall–Kier alpha value is -0.130. The quantitative estimate of drug-likeness (QED) is 0.650. The molecule has 0 aromatic carbocycles. The molecule has 0 spiro atoms. The highest BCUT2D eigenvalue weighted by Crippen LogP contribution is 2.21. The van der Waals surface area contributed by atoms with Crippen molar-refractivity contribution in [3.05, 3.63) is 0 Å². The Bertz CT molecular complexity index is 302. The highest BCUT2D eigenvalue weighted by Gasteiger charge is 2.32. The Morgan fingerprint density at radius 1 is 1.29 bits per heavy atom. The van der Waals surface area contributed by atoms with Crippen molar-refractivity contribution >= 4 is 9.84 Å². The fraction of sp³-hybridized carbons (Fsp3) is 1.00. The second-order valence-corrected chi connectivity index (χ2v) is 6.68. The summed E-state index contributed by atoms with van der Waals surface area (Å²) < 4.78 is 22.9. The molecular weight excluding hydrogens is 200 g/mol. The summed E-state index contributed by atoms with van der Waals surface area (Å²) in [6, 6.07) is 0.488. The first-order valence-corrected chi connectivity index (χ1v) is 7.09. The fourth-order valence-corrected chi connectivity index (χ4v) is 4.17. The summed E-state index contributed by atoms with van der Waals surface area (Å²) in [5.41, 5.74) is 5.81. The molecule has 2 aliphatic rings.